The van der Waals surface area contributed by atoms with E-state index in [1.165, 1.54) is 12.4 Å². The van der Waals surface area contributed by atoms with E-state index < -0.39 is 0 Å². The van der Waals surface area contributed by atoms with Crippen LogP contribution >= 0.6 is 0 Å². The maximum atomic E-state index is 12.3. The van der Waals surface area contributed by atoms with Gasteiger partial charge in [0.1, 0.15) is 5.70 Å². The molecule has 4 heteroatoms. The van der Waals surface area contributed by atoms with Gasteiger partial charge in [-0.15, -0.1) is 0 Å². The van der Waals surface area contributed by atoms with Crippen LogP contribution in [0.3, 0.4) is 0 Å². The molecule has 0 atom stereocenters. The average Bonchev–Trinajstić information content (AvgIpc) is 2.54. The molecule has 0 spiro atoms. The molecule has 0 bridgehead atoms. The Labute approximate surface area is 126 Å². The molecule has 2 heterocycles. The summed E-state index contributed by atoms with van der Waals surface area (Å²) in [6, 6.07) is 15.2. The number of fused-ring (bicyclic) bond motifs is 2. The molecule has 4 nitrogen and oxygen atoms in total. The molecule has 0 aliphatic carbocycles. The molecule has 0 fully saturated rings. The van der Waals surface area contributed by atoms with Crippen molar-refractivity contribution in [3.05, 3.63) is 90.9 Å². The molecule has 2 aliphatic rings. The summed E-state index contributed by atoms with van der Waals surface area (Å²) in [4.78, 5) is 12.3. The lowest BCUT2D eigenvalue weighted by Crippen LogP contribution is -2.35. The molecule has 0 aromatic heterocycles. The first-order valence-electron chi connectivity index (χ1n) is 6.97. The van der Waals surface area contributed by atoms with E-state index in [1.54, 1.807) is 12.2 Å². The van der Waals surface area contributed by atoms with Gasteiger partial charge in [0.05, 0.1) is 9.98 Å². The van der Waals surface area contributed by atoms with Crippen LogP contribution in [0.5, 0.6) is 0 Å². The number of rotatable bonds is 0. The summed E-state index contributed by atoms with van der Waals surface area (Å²) in [5.41, 5.74) is 0.693. The number of hydroxylamine groups is 2. The molecule has 2 aromatic rings. The van der Waals surface area contributed by atoms with Gasteiger partial charge in [0.15, 0.2) is 0 Å². The smallest absolute Gasteiger partial charge is 0.286 e. The highest BCUT2D eigenvalue weighted by atomic mass is 16.5. The van der Waals surface area contributed by atoms with Crippen molar-refractivity contribution < 1.29 is 4.76 Å². The third-order valence-corrected chi connectivity index (χ3v) is 3.83. The molecule has 0 saturated heterocycles. The predicted molar refractivity (Wildman–Crippen MR) is 85.1 cm³/mol. The van der Waals surface area contributed by atoms with Crippen LogP contribution < -0.4 is 20.9 Å². The van der Waals surface area contributed by atoms with Crippen LogP contribution in [0.15, 0.2) is 59.9 Å². The molecule has 22 heavy (non-hydrogen) atoms. The van der Waals surface area contributed by atoms with Gasteiger partial charge in [0, 0.05) is 17.2 Å². The zero-order valence-electron chi connectivity index (χ0n) is 11.6. The topological polar surface area (TPSA) is 46.4 Å². The van der Waals surface area contributed by atoms with Crippen molar-refractivity contribution >= 4 is 24.6 Å². The first-order valence-corrected chi connectivity index (χ1v) is 6.97. The third kappa shape index (κ3) is 1.98. The van der Waals surface area contributed by atoms with Crippen LogP contribution in [0.25, 0.3) is 24.6 Å². The van der Waals surface area contributed by atoms with Crippen molar-refractivity contribution in [1.29, 1.82) is 0 Å². The standard InChI is InChI=1S/C18H12N2O2/c21-19-11-15-7-3-1-5-13(15)9-17(19)18-10-14-6-2-4-8-16(14)12-20(18)22/h1-12H. The molecular weight excluding hydrogens is 276 g/mol. The van der Waals surface area contributed by atoms with Crippen molar-refractivity contribution in [3.63, 3.8) is 0 Å². The van der Waals surface area contributed by atoms with E-state index in [-0.39, 0.29) is 0 Å². The highest BCUT2D eigenvalue weighted by molar-refractivity contribution is 5.62. The van der Waals surface area contributed by atoms with Crippen LogP contribution in [0.1, 0.15) is 0 Å². The summed E-state index contributed by atoms with van der Waals surface area (Å²) in [5, 5.41) is 16.6. The van der Waals surface area contributed by atoms with Gasteiger partial charge in [0.25, 0.3) is 5.70 Å². The summed E-state index contributed by atoms with van der Waals surface area (Å²) in [5.74, 6) is 0. The molecule has 106 valence electrons. The lowest BCUT2D eigenvalue weighted by molar-refractivity contribution is -0.380. The van der Waals surface area contributed by atoms with Gasteiger partial charge in [-0.1, -0.05) is 42.5 Å². The first kappa shape index (κ1) is 12.7. The Morgan fingerprint density at radius 2 is 1.41 bits per heavy atom. The van der Waals surface area contributed by atoms with Gasteiger partial charge >= 0.3 is 0 Å². The number of allylic oxidation sites excluding steroid dienone is 2. The van der Waals surface area contributed by atoms with Crippen molar-refractivity contribution in [1.82, 2.24) is 5.06 Å². The van der Waals surface area contributed by atoms with E-state index >= 15 is 0 Å². The van der Waals surface area contributed by atoms with Crippen molar-refractivity contribution in [2.24, 2.45) is 0 Å². The molecule has 0 N–H and O–H groups in total. The minimum Gasteiger partial charge on any atom is -0.754 e. The number of hydrogen-bond donors (Lipinski definition) is 0. The second-order valence-corrected chi connectivity index (χ2v) is 5.23. The fourth-order valence-electron chi connectivity index (χ4n) is 2.71. The van der Waals surface area contributed by atoms with E-state index in [4.69, 9.17) is 0 Å². The summed E-state index contributed by atoms with van der Waals surface area (Å²) in [6.07, 6.45) is 6.50. The van der Waals surface area contributed by atoms with Gasteiger partial charge in [-0.05, 0) is 27.8 Å². The highest BCUT2D eigenvalue weighted by Crippen LogP contribution is 2.17. The summed E-state index contributed by atoms with van der Waals surface area (Å²) < 4.78 is 0.751. The maximum Gasteiger partial charge on any atom is 0.286 e. The number of nitrogens with zero attached hydrogens (tertiary/aromatic N) is 2. The second kappa shape index (κ2) is 4.79. The minimum absolute atomic E-state index is 0.347. The quantitative estimate of drug-likeness (QED) is 0.653. The van der Waals surface area contributed by atoms with Gasteiger partial charge in [-0.3, -0.25) is 0 Å². The largest absolute Gasteiger partial charge is 0.754 e. The fourth-order valence-corrected chi connectivity index (χ4v) is 2.71. The Balaban J connectivity index is 2.02. The normalized spacial score (nSPS) is 19.1. The number of benzene rings is 2. The van der Waals surface area contributed by atoms with Crippen LogP contribution in [-0.4, -0.2) is 9.82 Å². The molecule has 0 amide bonds. The summed E-state index contributed by atoms with van der Waals surface area (Å²) in [6.45, 7) is 0. The Morgan fingerprint density at radius 1 is 0.818 bits per heavy atom. The van der Waals surface area contributed by atoms with Crippen LogP contribution in [-0.2, 0) is 0 Å². The van der Waals surface area contributed by atoms with Gasteiger partial charge < -0.3 is 10.3 Å². The maximum absolute atomic E-state index is 12.3. The SMILES string of the molecule is O=[N+]1C=c2ccccc2=CC1=C1C=c2ccccc2=CN1[O-]. The zero-order chi connectivity index (χ0) is 15.1. The van der Waals surface area contributed by atoms with E-state index in [2.05, 4.69) is 0 Å². The molecule has 0 radical (unpaired) electrons. The molecule has 2 aliphatic heterocycles. The molecular formula is C18H12N2O2. The Morgan fingerprint density at radius 3 is 2.14 bits per heavy atom. The first-order chi connectivity index (χ1) is 10.7. The van der Waals surface area contributed by atoms with E-state index in [0.29, 0.717) is 11.4 Å². The number of nitroso groups, excluding NO2 is 1. The fraction of sp³-hybridized carbons (Fsp3) is 0. The minimum atomic E-state index is 0.347. The van der Waals surface area contributed by atoms with Gasteiger partial charge in [-0.25, -0.2) is 0 Å². The van der Waals surface area contributed by atoms with Crippen molar-refractivity contribution in [2.45, 2.75) is 0 Å². The summed E-state index contributed by atoms with van der Waals surface area (Å²) in [7, 11) is 0. The number of hydrogen-bond acceptors (Lipinski definition) is 3. The lowest BCUT2D eigenvalue weighted by atomic mass is 10.1. The van der Waals surface area contributed by atoms with E-state index in [1.807, 2.05) is 48.5 Å². The predicted octanol–water partition coefficient (Wildman–Crippen LogP) is 0.241. The Bertz CT molecular complexity index is 1060. The molecule has 4 rings (SSSR count). The molecule has 2 aromatic carbocycles. The van der Waals surface area contributed by atoms with Gasteiger partial charge in [0.2, 0.25) is 6.20 Å². The lowest BCUT2D eigenvalue weighted by Gasteiger charge is -2.28. The van der Waals surface area contributed by atoms with Crippen LogP contribution in [0.4, 0.5) is 0 Å². The molecule has 0 saturated carbocycles. The van der Waals surface area contributed by atoms with Crippen LogP contribution in [0, 0.1) is 10.1 Å². The molecule has 0 unspecified atom stereocenters. The highest BCUT2D eigenvalue weighted by Gasteiger charge is 2.22. The summed E-state index contributed by atoms with van der Waals surface area (Å²) >= 11 is 0. The monoisotopic (exact) mass is 288 g/mol. The van der Waals surface area contributed by atoms with Crippen molar-refractivity contribution in [2.75, 3.05) is 0 Å². The zero-order valence-corrected chi connectivity index (χ0v) is 11.6. The van der Waals surface area contributed by atoms with Crippen molar-refractivity contribution in [3.8, 4) is 0 Å². The second-order valence-electron chi connectivity index (χ2n) is 5.23. The van der Waals surface area contributed by atoms with E-state index in [0.717, 1.165) is 30.7 Å². The van der Waals surface area contributed by atoms with Gasteiger partial charge in [-0.2, -0.15) is 0 Å². The third-order valence-electron chi connectivity index (χ3n) is 3.83. The Hall–Kier alpha value is -2.98. The Kier molecular flexibility index (Phi) is 2.77. The average molecular weight is 288 g/mol. The van der Waals surface area contributed by atoms with Crippen LogP contribution in [0.2, 0.25) is 0 Å². The van der Waals surface area contributed by atoms with E-state index in [9.17, 15) is 10.1 Å².